The van der Waals surface area contributed by atoms with Crippen LogP contribution in [0.1, 0.15) is 21.5 Å². The number of carbonyl (C=O) groups excluding carboxylic acids is 1. The first-order valence-corrected chi connectivity index (χ1v) is 9.26. The summed E-state index contributed by atoms with van der Waals surface area (Å²) in [5.41, 5.74) is 2.28. The van der Waals surface area contributed by atoms with E-state index in [1.165, 1.54) is 28.8 Å². The maximum absolute atomic E-state index is 12.8. The van der Waals surface area contributed by atoms with Crippen LogP contribution in [0.4, 0.5) is 5.69 Å². The van der Waals surface area contributed by atoms with E-state index in [4.69, 9.17) is 12.2 Å². The molecule has 1 fully saturated rings. The highest BCUT2D eigenvalue weighted by molar-refractivity contribution is 9.10. The number of thioether (sulfide) groups is 1. The van der Waals surface area contributed by atoms with Crippen LogP contribution in [0.3, 0.4) is 0 Å². The molecule has 25 heavy (non-hydrogen) atoms. The maximum Gasteiger partial charge on any atom is 0.335 e. The van der Waals surface area contributed by atoms with Crippen LogP contribution >= 0.6 is 39.9 Å². The molecule has 1 saturated heterocycles. The van der Waals surface area contributed by atoms with Crippen LogP contribution in [-0.2, 0) is 4.79 Å². The van der Waals surface area contributed by atoms with Crippen molar-refractivity contribution in [2.45, 2.75) is 6.92 Å². The number of aryl methyl sites for hydroxylation is 1. The van der Waals surface area contributed by atoms with Crippen LogP contribution in [0, 0.1) is 6.92 Å². The van der Waals surface area contributed by atoms with Gasteiger partial charge in [0.15, 0.2) is 4.32 Å². The molecule has 126 valence electrons. The molecular formula is C18H12BrNO3S2. The molecule has 0 radical (unpaired) electrons. The molecular weight excluding hydrogens is 422 g/mol. The molecule has 0 bridgehead atoms. The SMILES string of the molecule is Cc1ccc(C(=O)O)cc1N1C(=O)/C(=C/c2cccc(Br)c2)SC1=S. The fourth-order valence-electron chi connectivity index (χ4n) is 2.41. The second-order valence-electron chi connectivity index (χ2n) is 5.38. The Bertz CT molecular complexity index is 940. The molecule has 1 aliphatic rings. The van der Waals surface area contributed by atoms with Crippen LogP contribution in [0.5, 0.6) is 0 Å². The van der Waals surface area contributed by atoms with E-state index in [-0.39, 0.29) is 11.5 Å². The van der Waals surface area contributed by atoms with Crippen molar-refractivity contribution in [1.82, 2.24) is 0 Å². The lowest BCUT2D eigenvalue weighted by Gasteiger charge is -2.17. The number of hydrogen-bond acceptors (Lipinski definition) is 4. The van der Waals surface area contributed by atoms with Gasteiger partial charge in [0.1, 0.15) is 0 Å². The third kappa shape index (κ3) is 3.68. The number of aromatic carboxylic acids is 1. The second-order valence-corrected chi connectivity index (χ2v) is 7.97. The van der Waals surface area contributed by atoms with Gasteiger partial charge in [-0.3, -0.25) is 9.69 Å². The van der Waals surface area contributed by atoms with Gasteiger partial charge in [-0.1, -0.05) is 58.1 Å². The van der Waals surface area contributed by atoms with Gasteiger partial charge in [0.2, 0.25) is 0 Å². The topological polar surface area (TPSA) is 57.6 Å². The van der Waals surface area contributed by atoms with Gasteiger partial charge in [-0.15, -0.1) is 0 Å². The average Bonchev–Trinajstić information content (AvgIpc) is 2.82. The quantitative estimate of drug-likeness (QED) is 0.552. The summed E-state index contributed by atoms with van der Waals surface area (Å²) >= 11 is 9.97. The number of thiocarbonyl (C=S) groups is 1. The fraction of sp³-hybridized carbons (Fsp3) is 0.0556. The minimum atomic E-state index is -1.05. The zero-order chi connectivity index (χ0) is 18.1. The lowest BCUT2D eigenvalue weighted by atomic mass is 10.1. The zero-order valence-corrected chi connectivity index (χ0v) is 16.2. The summed E-state index contributed by atoms with van der Waals surface area (Å²) in [5, 5.41) is 9.19. The van der Waals surface area contributed by atoms with Crippen molar-refractivity contribution < 1.29 is 14.7 Å². The Kier molecular flexibility index (Phi) is 5.08. The van der Waals surface area contributed by atoms with E-state index in [1.807, 2.05) is 31.2 Å². The van der Waals surface area contributed by atoms with E-state index in [1.54, 1.807) is 12.1 Å². The van der Waals surface area contributed by atoms with Gasteiger partial charge in [0.05, 0.1) is 16.2 Å². The average molecular weight is 434 g/mol. The normalized spacial score (nSPS) is 15.9. The van der Waals surface area contributed by atoms with E-state index < -0.39 is 5.97 Å². The smallest absolute Gasteiger partial charge is 0.335 e. The number of amides is 1. The highest BCUT2D eigenvalue weighted by Gasteiger charge is 2.34. The van der Waals surface area contributed by atoms with Gasteiger partial charge >= 0.3 is 5.97 Å². The Hall–Kier alpha value is -1.96. The lowest BCUT2D eigenvalue weighted by Crippen LogP contribution is -2.28. The number of benzene rings is 2. The van der Waals surface area contributed by atoms with Crippen molar-refractivity contribution in [2.24, 2.45) is 0 Å². The molecule has 0 atom stereocenters. The third-order valence-corrected chi connectivity index (χ3v) is 5.43. The number of halogens is 1. The third-order valence-electron chi connectivity index (χ3n) is 3.64. The van der Waals surface area contributed by atoms with E-state index in [0.717, 1.165) is 15.6 Å². The minimum absolute atomic E-state index is 0.116. The number of carbonyl (C=O) groups is 2. The molecule has 0 aromatic heterocycles. The van der Waals surface area contributed by atoms with Crippen LogP contribution in [-0.4, -0.2) is 21.3 Å². The predicted octanol–water partition coefficient (Wildman–Crippen LogP) is 4.86. The summed E-state index contributed by atoms with van der Waals surface area (Å²) in [7, 11) is 0. The summed E-state index contributed by atoms with van der Waals surface area (Å²) in [6.45, 7) is 1.82. The molecule has 1 aliphatic heterocycles. The van der Waals surface area contributed by atoms with Gasteiger partial charge in [0, 0.05) is 4.47 Å². The highest BCUT2D eigenvalue weighted by atomic mass is 79.9. The molecule has 1 amide bonds. The van der Waals surface area contributed by atoms with Crippen molar-refractivity contribution in [2.75, 3.05) is 4.90 Å². The van der Waals surface area contributed by atoms with E-state index in [2.05, 4.69) is 15.9 Å². The molecule has 0 unspecified atom stereocenters. The zero-order valence-electron chi connectivity index (χ0n) is 13.0. The summed E-state index contributed by atoms with van der Waals surface area (Å²) in [6, 6.07) is 12.3. The summed E-state index contributed by atoms with van der Waals surface area (Å²) in [4.78, 5) is 25.9. The Balaban J connectivity index is 2.00. The molecule has 2 aromatic rings. The number of anilines is 1. The van der Waals surface area contributed by atoms with E-state index >= 15 is 0 Å². The van der Waals surface area contributed by atoms with Crippen molar-refractivity contribution in [3.05, 3.63) is 68.5 Å². The standard InChI is InChI=1S/C18H12BrNO3S2/c1-10-5-6-12(17(22)23)9-14(10)20-16(21)15(25-18(20)24)8-11-3-2-4-13(19)7-11/h2-9H,1H3,(H,22,23)/b15-8-. The fourth-order valence-corrected chi connectivity index (χ4v) is 4.11. The maximum atomic E-state index is 12.8. The molecule has 2 aromatic carbocycles. The predicted molar refractivity (Wildman–Crippen MR) is 108 cm³/mol. The van der Waals surface area contributed by atoms with E-state index in [0.29, 0.717) is 14.9 Å². The largest absolute Gasteiger partial charge is 0.478 e. The monoisotopic (exact) mass is 433 g/mol. The summed E-state index contributed by atoms with van der Waals surface area (Å²) < 4.78 is 1.30. The van der Waals surface area contributed by atoms with Crippen LogP contribution in [0.15, 0.2) is 51.8 Å². The molecule has 4 nitrogen and oxygen atoms in total. The Morgan fingerprint density at radius 3 is 2.72 bits per heavy atom. The summed E-state index contributed by atoms with van der Waals surface area (Å²) in [6.07, 6.45) is 1.78. The number of nitrogens with zero attached hydrogens (tertiary/aromatic N) is 1. The van der Waals surface area contributed by atoms with Crippen LogP contribution in [0.2, 0.25) is 0 Å². The van der Waals surface area contributed by atoms with Crippen LogP contribution < -0.4 is 4.90 Å². The highest BCUT2D eigenvalue weighted by Crippen LogP contribution is 2.37. The first-order valence-electron chi connectivity index (χ1n) is 7.24. The van der Waals surface area contributed by atoms with Crippen molar-refractivity contribution >= 4 is 67.9 Å². The number of carboxylic acid groups (broad SMARTS) is 1. The van der Waals surface area contributed by atoms with Crippen molar-refractivity contribution in [3.63, 3.8) is 0 Å². The first kappa shape index (κ1) is 17.8. The molecule has 0 saturated carbocycles. The molecule has 3 rings (SSSR count). The summed E-state index contributed by atoms with van der Waals surface area (Å²) in [5.74, 6) is -1.29. The van der Waals surface area contributed by atoms with Gasteiger partial charge < -0.3 is 5.11 Å². The first-order chi connectivity index (χ1) is 11.9. The molecule has 1 N–H and O–H groups in total. The van der Waals surface area contributed by atoms with Gasteiger partial charge in [-0.05, 0) is 48.4 Å². The van der Waals surface area contributed by atoms with E-state index in [9.17, 15) is 14.7 Å². The second kappa shape index (κ2) is 7.11. The molecule has 7 heteroatoms. The van der Waals surface area contributed by atoms with Gasteiger partial charge in [-0.25, -0.2) is 4.79 Å². The molecule has 1 heterocycles. The Labute approximate surface area is 162 Å². The number of rotatable bonds is 3. The van der Waals surface area contributed by atoms with Gasteiger partial charge in [-0.2, -0.15) is 0 Å². The van der Waals surface area contributed by atoms with Crippen molar-refractivity contribution in [3.8, 4) is 0 Å². The number of carboxylic acids is 1. The Morgan fingerprint density at radius 2 is 2.04 bits per heavy atom. The molecule has 0 aliphatic carbocycles. The minimum Gasteiger partial charge on any atom is -0.478 e. The van der Waals surface area contributed by atoms with Gasteiger partial charge in [0.25, 0.3) is 5.91 Å². The van der Waals surface area contributed by atoms with Crippen LogP contribution in [0.25, 0.3) is 6.08 Å². The van der Waals surface area contributed by atoms with Crippen molar-refractivity contribution in [1.29, 1.82) is 0 Å². The number of hydrogen-bond donors (Lipinski definition) is 1. The molecule has 0 spiro atoms. The Morgan fingerprint density at radius 1 is 1.28 bits per heavy atom. The lowest BCUT2D eigenvalue weighted by molar-refractivity contribution is -0.113.